The summed E-state index contributed by atoms with van der Waals surface area (Å²) in [5, 5.41) is 3.42. The van der Waals surface area contributed by atoms with Crippen molar-refractivity contribution >= 4 is 0 Å². The molecule has 0 aromatic carbocycles. The van der Waals surface area contributed by atoms with E-state index in [4.69, 9.17) is 4.42 Å². The summed E-state index contributed by atoms with van der Waals surface area (Å²) < 4.78 is 5.28. The number of rotatable bonds is 6. The fourth-order valence-electron chi connectivity index (χ4n) is 2.48. The van der Waals surface area contributed by atoms with Gasteiger partial charge in [0.25, 0.3) is 0 Å². The van der Waals surface area contributed by atoms with Crippen LogP contribution >= 0.6 is 0 Å². The lowest BCUT2D eigenvalue weighted by atomic mass is 9.94. The third-order valence-corrected chi connectivity index (χ3v) is 3.77. The van der Waals surface area contributed by atoms with Gasteiger partial charge in [-0.05, 0) is 44.0 Å². The van der Waals surface area contributed by atoms with Gasteiger partial charge >= 0.3 is 0 Å². The van der Waals surface area contributed by atoms with Crippen LogP contribution in [0, 0.1) is 5.92 Å². The molecule has 1 aliphatic heterocycles. The minimum atomic E-state index is 0.846. The molecule has 3 heteroatoms. The molecule has 1 aromatic heterocycles. The van der Waals surface area contributed by atoms with E-state index in [2.05, 4.69) is 17.1 Å². The van der Waals surface area contributed by atoms with Crippen LogP contribution in [-0.4, -0.2) is 31.1 Å². The molecule has 0 amide bonds. The Balaban J connectivity index is 1.54. The van der Waals surface area contributed by atoms with Crippen molar-refractivity contribution in [1.29, 1.82) is 0 Å². The minimum absolute atomic E-state index is 0.846. The fraction of sp³-hybridized carbons (Fsp3) is 0.714. The van der Waals surface area contributed by atoms with Gasteiger partial charge in [0.05, 0.1) is 12.8 Å². The van der Waals surface area contributed by atoms with E-state index in [0.29, 0.717) is 0 Å². The summed E-state index contributed by atoms with van der Waals surface area (Å²) >= 11 is 0. The molecule has 0 radical (unpaired) electrons. The van der Waals surface area contributed by atoms with Crippen LogP contribution in [0.3, 0.4) is 0 Å². The van der Waals surface area contributed by atoms with Gasteiger partial charge in [0.1, 0.15) is 5.76 Å². The summed E-state index contributed by atoms with van der Waals surface area (Å²) in [5.74, 6) is 2.00. The largest absolute Gasteiger partial charge is 0.468 e. The van der Waals surface area contributed by atoms with Crippen LogP contribution < -0.4 is 5.32 Å². The predicted molar refractivity (Wildman–Crippen MR) is 69.9 cm³/mol. The van der Waals surface area contributed by atoms with Crippen molar-refractivity contribution in [3.05, 3.63) is 24.2 Å². The summed E-state index contributed by atoms with van der Waals surface area (Å²) in [6.45, 7) is 7.93. The zero-order valence-electron chi connectivity index (χ0n) is 10.8. The number of piperidine rings is 1. The molecular formula is C14H24N2O. The highest BCUT2D eigenvalue weighted by atomic mass is 16.3. The number of furan rings is 1. The van der Waals surface area contributed by atoms with Gasteiger partial charge < -0.3 is 14.6 Å². The van der Waals surface area contributed by atoms with Crippen molar-refractivity contribution in [2.75, 3.05) is 26.2 Å². The average molecular weight is 236 g/mol. The number of likely N-dealkylation sites (tertiary alicyclic amines) is 1. The first-order valence-corrected chi connectivity index (χ1v) is 6.84. The normalized spacial score (nSPS) is 18.6. The van der Waals surface area contributed by atoms with E-state index in [1.165, 1.54) is 32.4 Å². The summed E-state index contributed by atoms with van der Waals surface area (Å²) in [6, 6.07) is 3.95. The molecule has 2 heterocycles. The molecule has 3 nitrogen and oxygen atoms in total. The lowest BCUT2D eigenvalue weighted by Crippen LogP contribution is -2.38. The van der Waals surface area contributed by atoms with Crippen LogP contribution in [0.5, 0.6) is 0 Å². The highest BCUT2D eigenvalue weighted by Gasteiger charge is 2.16. The molecule has 1 fully saturated rings. The monoisotopic (exact) mass is 236 g/mol. The SMILES string of the molecule is CCC1CCN(CCNCc2ccco2)CC1. The molecule has 1 aliphatic rings. The lowest BCUT2D eigenvalue weighted by Gasteiger charge is -2.31. The van der Waals surface area contributed by atoms with Gasteiger partial charge in [-0.2, -0.15) is 0 Å². The van der Waals surface area contributed by atoms with Crippen LogP contribution in [0.15, 0.2) is 22.8 Å². The Morgan fingerprint density at radius 1 is 1.41 bits per heavy atom. The smallest absolute Gasteiger partial charge is 0.117 e. The molecule has 0 unspecified atom stereocenters. The summed E-state index contributed by atoms with van der Waals surface area (Å²) in [6.07, 6.45) is 5.85. The highest BCUT2D eigenvalue weighted by Crippen LogP contribution is 2.19. The van der Waals surface area contributed by atoms with Gasteiger partial charge in [-0.25, -0.2) is 0 Å². The second-order valence-electron chi connectivity index (χ2n) is 4.95. The van der Waals surface area contributed by atoms with Crippen molar-refractivity contribution in [1.82, 2.24) is 10.2 Å². The van der Waals surface area contributed by atoms with E-state index in [1.54, 1.807) is 6.26 Å². The third-order valence-electron chi connectivity index (χ3n) is 3.77. The Kier molecular flexibility index (Phi) is 5.08. The van der Waals surface area contributed by atoms with E-state index in [0.717, 1.165) is 31.3 Å². The van der Waals surface area contributed by atoms with Gasteiger partial charge in [-0.15, -0.1) is 0 Å². The van der Waals surface area contributed by atoms with E-state index in [9.17, 15) is 0 Å². The van der Waals surface area contributed by atoms with Gasteiger partial charge in [0, 0.05) is 13.1 Å². The van der Waals surface area contributed by atoms with Crippen molar-refractivity contribution in [2.45, 2.75) is 32.7 Å². The molecular weight excluding hydrogens is 212 g/mol. The molecule has 0 saturated carbocycles. The van der Waals surface area contributed by atoms with E-state index < -0.39 is 0 Å². The van der Waals surface area contributed by atoms with Crippen molar-refractivity contribution in [3.8, 4) is 0 Å². The first-order chi connectivity index (χ1) is 8.38. The minimum Gasteiger partial charge on any atom is -0.468 e. The third kappa shape index (κ3) is 4.17. The zero-order valence-corrected chi connectivity index (χ0v) is 10.8. The Morgan fingerprint density at radius 2 is 2.24 bits per heavy atom. The maximum atomic E-state index is 5.28. The van der Waals surface area contributed by atoms with Crippen LogP contribution in [0.1, 0.15) is 31.9 Å². The standard InChI is InChI=1S/C14H24N2O/c1-2-13-5-8-16(9-6-13)10-7-15-12-14-4-3-11-17-14/h3-4,11,13,15H,2,5-10,12H2,1H3. The summed E-state index contributed by atoms with van der Waals surface area (Å²) in [7, 11) is 0. The van der Waals surface area contributed by atoms with Crippen molar-refractivity contribution < 1.29 is 4.42 Å². The Bertz CT molecular complexity index is 289. The Morgan fingerprint density at radius 3 is 2.88 bits per heavy atom. The molecule has 1 saturated heterocycles. The van der Waals surface area contributed by atoms with Gasteiger partial charge in [-0.3, -0.25) is 0 Å². The van der Waals surface area contributed by atoms with Gasteiger partial charge in [0.15, 0.2) is 0 Å². The Hall–Kier alpha value is -0.800. The zero-order chi connectivity index (χ0) is 11.9. The van der Waals surface area contributed by atoms with Crippen LogP contribution in [0.2, 0.25) is 0 Å². The topological polar surface area (TPSA) is 28.4 Å². The van der Waals surface area contributed by atoms with Crippen molar-refractivity contribution in [3.63, 3.8) is 0 Å². The maximum Gasteiger partial charge on any atom is 0.117 e. The number of nitrogens with one attached hydrogen (secondary N) is 1. The van der Waals surface area contributed by atoms with Gasteiger partial charge in [0.2, 0.25) is 0 Å². The summed E-state index contributed by atoms with van der Waals surface area (Å²) in [5.41, 5.74) is 0. The predicted octanol–water partition coefficient (Wildman–Crippen LogP) is 2.49. The summed E-state index contributed by atoms with van der Waals surface area (Å²) in [4.78, 5) is 2.57. The van der Waals surface area contributed by atoms with Gasteiger partial charge in [-0.1, -0.05) is 13.3 Å². The number of hydrogen-bond donors (Lipinski definition) is 1. The first kappa shape index (κ1) is 12.7. The molecule has 96 valence electrons. The van der Waals surface area contributed by atoms with Crippen LogP contribution in [-0.2, 0) is 6.54 Å². The maximum absolute atomic E-state index is 5.28. The molecule has 0 spiro atoms. The molecule has 1 N–H and O–H groups in total. The number of nitrogens with zero attached hydrogens (tertiary/aromatic N) is 1. The van der Waals surface area contributed by atoms with Crippen LogP contribution in [0.25, 0.3) is 0 Å². The lowest BCUT2D eigenvalue weighted by molar-refractivity contribution is 0.182. The first-order valence-electron chi connectivity index (χ1n) is 6.84. The van der Waals surface area contributed by atoms with E-state index in [1.807, 2.05) is 12.1 Å². The van der Waals surface area contributed by atoms with E-state index in [-0.39, 0.29) is 0 Å². The molecule has 0 atom stereocenters. The molecule has 1 aromatic rings. The quantitative estimate of drug-likeness (QED) is 0.769. The van der Waals surface area contributed by atoms with E-state index >= 15 is 0 Å². The number of hydrogen-bond acceptors (Lipinski definition) is 3. The molecule has 0 bridgehead atoms. The molecule has 0 aliphatic carbocycles. The molecule has 2 rings (SSSR count). The van der Waals surface area contributed by atoms with Crippen molar-refractivity contribution in [2.24, 2.45) is 5.92 Å². The Labute approximate surface area is 104 Å². The second kappa shape index (κ2) is 6.82. The van der Waals surface area contributed by atoms with Crippen LogP contribution in [0.4, 0.5) is 0 Å². The molecule has 17 heavy (non-hydrogen) atoms. The second-order valence-corrected chi connectivity index (χ2v) is 4.95. The average Bonchev–Trinajstić information content (AvgIpc) is 2.88. The fourth-order valence-corrected chi connectivity index (χ4v) is 2.48. The highest BCUT2D eigenvalue weighted by molar-refractivity contribution is 4.97.